The van der Waals surface area contributed by atoms with E-state index in [2.05, 4.69) is 31.1 Å². The molecule has 1 N–H and O–H groups in total. The first-order chi connectivity index (χ1) is 9.94. The normalized spacial score (nSPS) is 22.9. The van der Waals surface area contributed by atoms with Gasteiger partial charge in [-0.2, -0.15) is 4.39 Å². The number of nitrogens with one attached hydrogen (secondary N) is 1. The lowest BCUT2D eigenvalue weighted by Crippen LogP contribution is -2.40. The third kappa shape index (κ3) is 3.80. The summed E-state index contributed by atoms with van der Waals surface area (Å²) in [4.78, 5) is 15.6. The van der Waals surface area contributed by atoms with E-state index in [1.807, 2.05) is 0 Å². The summed E-state index contributed by atoms with van der Waals surface area (Å²) < 4.78 is 13.5. The van der Waals surface area contributed by atoms with Crippen molar-refractivity contribution >= 4 is 5.91 Å². The zero-order chi connectivity index (χ0) is 15.5. The van der Waals surface area contributed by atoms with Gasteiger partial charge in [0.25, 0.3) is 5.91 Å². The Hall–Kier alpha value is -1.45. The van der Waals surface area contributed by atoms with Crippen LogP contribution < -0.4 is 5.32 Å². The van der Waals surface area contributed by atoms with Crippen LogP contribution >= 0.6 is 0 Å². The molecule has 1 fully saturated rings. The molecular weight excluding hydrogens is 267 g/mol. The van der Waals surface area contributed by atoms with Gasteiger partial charge in [-0.05, 0) is 49.1 Å². The predicted molar refractivity (Wildman–Crippen MR) is 81.5 cm³/mol. The molecule has 2 rings (SSSR count). The van der Waals surface area contributed by atoms with Gasteiger partial charge in [-0.15, -0.1) is 0 Å². The monoisotopic (exact) mass is 292 g/mol. The number of carbonyl (C=O) groups excluding carboxylic acids is 1. The van der Waals surface area contributed by atoms with Crippen LogP contribution in [0.15, 0.2) is 18.3 Å². The maximum Gasteiger partial charge on any atom is 0.256 e. The van der Waals surface area contributed by atoms with E-state index in [1.54, 1.807) is 6.07 Å². The van der Waals surface area contributed by atoms with Gasteiger partial charge >= 0.3 is 0 Å². The Morgan fingerprint density at radius 3 is 2.62 bits per heavy atom. The lowest BCUT2D eigenvalue weighted by molar-refractivity contribution is 0.0888. The van der Waals surface area contributed by atoms with E-state index in [9.17, 15) is 9.18 Å². The molecule has 4 heteroatoms. The summed E-state index contributed by atoms with van der Waals surface area (Å²) in [5.41, 5.74) is 0.401. The quantitative estimate of drug-likeness (QED) is 0.854. The highest BCUT2D eigenvalue weighted by Gasteiger charge is 2.32. The van der Waals surface area contributed by atoms with Gasteiger partial charge in [0.15, 0.2) is 0 Å². The Morgan fingerprint density at radius 1 is 1.38 bits per heavy atom. The molecular formula is C17H25FN2O. The molecule has 0 aliphatic heterocycles. The third-order valence-electron chi connectivity index (χ3n) is 5.08. The van der Waals surface area contributed by atoms with Crippen molar-refractivity contribution in [2.45, 2.75) is 58.9 Å². The van der Waals surface area contributed by atoms with Gasteiger partial charge in [0.2, 0.25) is 5.95 Å². The second-order valence-electron chi connectivity index (χ2n) is 6.71. The van der Waals surface area contributed by atoms with E-state index in [0.717, 1.165) is 25.7 Å². The van der Waals surface area contributed by atoms with E-state index in [4.69, 9.17) is 0 Å². The fraction of sp³-hybridized carbons (Fsp3) is 0.647. The van der Waals surface area contributed by atoms with Crippen molar-refractivity contribution in [1.82, 2.24) is 10.3 Å². The molecule has 1 aliphatic carbocycles. The Labute approximate surface area is 126 Å². The first-order valence-electron chi connectivity index (χ1n) is 7.85. The van der Waals surface area contributed by atoms with Crippen LogP contribution in [0.25, 0.3) is 0 Å². The lowest BCUT2D eigenvalue weighted by Gasteiger charge is -2.39. The molecule has 1 saturated carbocycles. The number of halogens is 1. The molecule has 0 unspecified atom stereocenters. The summed E-state index contributed by atoms with van der Waals surface area (Å²) in [5, 5.41) is 2.95. The van der Waals surface area contributed by atoms with Crippen molar-refractivity contribution in [1.29, 1.82) is 0 Å². The molecule has 1 aromatic heterocycles. The standard InChI is InChI=1S/C17H25FN2O/c1-4-17(2,3)12-7-9-13(10-8-12)20-16(21)14-6-5-11-19-15(14)18/h5-6,11-13H,4,7-10H2,1-3H3,(H,20,21). The van der Waals surface area contributed by atoms with Crippen molar-refractivity contribution in [2.24, 2.45) is 11.3 Å². The Kier molecular flexibility index (Phi) is 4.96. The summed E-state index contributed by atoms with van der Waals surface area (Å²) >= 11 is 0. The maximum atomic E-state index is 13.5. The van der Waals surface area contributed by atoms with Gasteiger partial charge in [0.1, 0.15) is 0 Å². The molecule has 0 aromatic carbocycles. The minimum Gasteiger partial charge on any atom is -0.349 e. The van der Waals surface area contributed by atoms with Gasteiger partial charge in [-0.25, -0.2) is 4.98 Å². The molecule has 3 nitrogen and oxygen atoms in total. The lowest BCUT2D eigenvalue weighted by atomic mass is 9.69. The molecule has 1 amide bonds. The molecule has 0 radical (unpaired) electrons. The van der Waals surface area contributed by atoms with Gasteiger partial charge in [0, 0.05) is 12.2 Å². The summed E-state index contributed by atoms with van der Waals surface area (Å²) in [6.07, 6.45) is 6.73. The van der Waals surface area contributed by atoms with E-state index in [0.29, 0.717) is 11.3 Å². The summed E-state index contributed by atoms with van der Waals surface area (Å²) in [6.45, 7) is 6.88. The smallest absolute Gasteiger partial charge is 0.256 e. The van der Waals surface area contributed by atoms with Crippen LogP contribution in [0.1, 0.15) is 63.2 Å². The fourth-order valence-corrected chi connectivity index (χ4v) is 3.13. The van der Waals surface area contributed by atoms with Crippen molar-refractivity contribution in [3.63, 3.8) is 0 Å². The van der Waals surface area contributed by atoms with Crippen LogP contribution in [0.5, 0.6) is 0 Å². The minimum absolute atomic E-state index is 0.0357. The van der Waals surface area contributed by atoms with E-state index in [-0.39, 0.29) is 17.5 Å². The number of aromatic nitrogens is 1. The highest BCUT2D eigenvalue weighted by molar-refractivity contribution is 5.94. The Morgan fingerprint density at radius 2 is 2.05 bits per heavy atom. The maximum absolute atomic E-state index is 13.5. The van der Waals surface area contributed by atoms with Gasteiger partial charge in [0.05, 0.1) is 5.56 Å². The number of hydrogen-bond donors (Lipinski definition) is 1. The number of amides is 1. The molecule has 0 bridgehead atoms. The second-order valence-corrected chi connectivity index (χ2v) is 6.71. The zero-order valence-electron chi connectivity index (χ0n) is 13.2. The second kappa shape index (κ2) is 6.54. The van der Waals surface area contributed by atoms with Crippen LogP contribution in [0.3, 0.4) is 0 Å². The van der Waals surface area contributed by atoms with E-state index < -0.39 is 5.95 Å². The first-order valence-corrected chi connectivity index (χ1v) is 7.85. The van der Waals surface area contributed by atoms with E-state index >= 15 is 0 Å². The van der Waals surface area contributed by atoms with Crippen molar-refractivity contribution in [3.8, 4) is 0 Å². The minimum atomic E-state index is -0.698. The van der Waals surface area contributed by atoms with Gasteiger partial charge in [-0.3, -0.25) is 4.79 Å². The fourth-order valence-electron chi connectivity index (χ4n) is 3.13. The topological polar surface area (TPSA) is 42.0 Å². The van der Waals surface area contributed by atoms with Crippen LogP contribution in [0, 0.1) is 17.3 Å². The van der Waals surface area contributed by atoms with Crippen LogP contribution in [-0.2, 0) is 0 Å². The number of nitrogens with zero attached hydrogens (tertiary/aromatic N) is 1. The SMILES string of the molecule is CCC(C)(C)C1CCC(NC(=O)c2cccnc2F)CC1. The third-order valence-corrected chi connectivity index (χ3v) is 5.08. The van der Waals surface area contributed by atoms with Gasteiger partial charge < -0.3 is 5.32 Å². The van der Waals surface area contributed by atoms with Crippen molar-refractivity contribution in [2.75, 3.05) is 0 Å². The predicted octanol–water partition coefficient (Wildman–Crippen LogP) is 3.95. The Bertz CT molecular complexity index is 493. The molecule has 0 atom stereocenters. The Balaban J connectivity index is 1.89. The summed E-state index contributed by atoms with van der Waals surface area (Å²) in [6, 6.07) is 3.21. The molecule has 0 spiro atoms. The molecule has 116 valence electrons. The molecule has 1 heterocycles. The van der Waals surface area contributed by atoms with Crippen LogP contribution in [-0.4, -0.2) is 16.9 Å². The average Bonchev–Trinajstić information content (AvgIpc) is 2.48. The number of hydrogen-bond acceptors (Lipinski definition) is 2. The molecule has 1 aliphatic rings. The zero-order valence-corrected chi connectivity index (χ0v) is 13.2. The molecule has 1 aromatic rings. The van der Waals surface area contributed by atoms with Crippen molar-refractivity contribution in [3.05, 3.63) is 29.8 Å². The number of pyridine rings is 1. The molecule has 0 saturated heterocycles. The molecule has 21 heavy (non-hydrogen) atoms. The van der Waals surface area contributed by atoms with Gasteiger partial charge in [-0.1, -0.05) is 27.2 Å². The van der Waals surface area contributed by atoms with Crippen molar-refractivity contribution < 1.29 is 9.18 Å². The summed E-state index contributed by atoms with van der Waals surface area (Å²) in [5.74, 6) is -0.333. The summed E-state index contributed by atoms with van der Waals surface area (Å²) in [7, 11) is 0. The van der Waals surface area contributed by atoms with Crippen LogP contribution in [0.2, 0.25) is 0 Å². The highest BCUT2D eigenvalue weighted by atomic mass is 19.1. The van der Waals surface area contributed by atoms with E-state index in [1.165, 1.54) is 18.7 Å². The van der Waals surface area contributed by atoms with Crippen LogP contribution in [0.4, 0.5) is 4.39 Å². The number of rotatable bonds is 4. The largest absolute Gasteiger partial charge is 0.349 e. The average molecular weight is 292 g/mol. The number of carbonyl (C=O) groups is 1. The first kappa shape index (κ1) is 15.9. The highest BCUT2D eigenvalue weighted by Crippen LogP contribution is 2.40.